The normalized spacial score (nSPS) is 13.6. The van der Waals surface area contributed by atoms with E-state index in [1.165, 1.54) is 0 Å². The summed E-state index contributed by atoms with van der Waals surface area (Å²) in [5.74, 6) is 0. The van der Waals surface area contributed by atoms with Gasteiger partial charge in [-0.05, 0) is 28.6 Å². The van der Waals surface area contributed by atoms with E-state index in [9.17, 15) is 5.11 Å². The molecule has 0 unspecified atom stereocenters. The number of aromatic amines is 1. The SMILES string of the molecule is Cl.N[C@H](c1ccc2cc[nH]c2c1)[C@@H](O)Cc1ccccc1. The molecule has 0 amide bonds. The number of benzene rings is 2. The Kier molecular flexibility index (Phi) is 5.02. The van der Waals surface area contributed by atoms with Crippen LogP contribution in [0.25, 0.3) is 10.9 Å². The van der Waals surface area contributed by atoms with Crippen molar-refractivity contribution in [2.45, 2.75) is 18.6 Å². The zero-order chi connectivity index (χ0) is 13.9. The first-order valence-electron chi connectivity index (χ1n) is 6.78. The first kappa shape index (κ1) is 15.6. The quantitative estimate of drug-likeness (QED) is 0.693. The Labute approximate surface area is 130 Å². The van der Waals surface area contributed by atoms with Gasteiger partial charge in [-0.1, -0.05) is 42.5 Å². The molecule has 0 spiro atoms. The van der Waals surface area contributed by atoms with Gasteiger partial charge >= 0.3 is 0 Å². The minimum atomic E-state index is -0.593. The maximum Gasteiger partial charge on any atom is 0.0773 e. The molecule has 2 aromatic carbocycles. The molecule has 2 atom stereocenters. The molecule has 0 aliphatic rings. The van der Waals surface area contributed by atoms with Gasteiger partial charge in [-0.15, -0.1) is 12.4 Å². The van der Waals surface area contributed by atoms with Crippen LogP contribution in [0.4, 0.5) is 0 Å². The highest BCUT2D eigenvalue weighted by atomic mass is 35.5. The van der Waals surface area contributed by atoms with Crippen LogP contribution in [0.5, 0.6) is 0 Å². The summed E-state index contributed by atoms with van der Waals surface area (Å²) in [6.07, 6.45) is 1.87. The molecular formula is C17H19ClN2O. The number of fused-ring (bicyclic) bond motifs is 1. The van der Waals surface area contributed by atoms with Gasteiger partial charge in [-0.3, -0.25) is 0 Å². The predicted molar refractivity (Wildman–Crippen MR) is 88.6 cm³/mol. The lowest BCUT2D eigenvalue weighted by Crippen LogP contribution is -2.28. The molecule has 0 aliphatic carbocycles. The third kappa shape index (κ3) is 3.45. The van der Waals surface area contributed by atoms with Gasteiger partial charge in [0.1, 0.15) is 0 Å². The van der Waals surface area contributed by atoms with Crippen molar-refractivity contribution >= 4 is 23.3 Å². The second-order valence-electron chi connectivity index (χ2n) is 5.11. The van der Waals surface area contributed by atoms with Crippen molar-refractivity contribution in [3.8, 4) is 0 Å². The third-order valence-corrected chi connectivity index (χ3v) is 3.67. The van der Waals surface area contributed by atoms with Gasteiger partial charge in [0.25, 0.3) is 0 Å². The number of hydrogen-bond donors (Lipinski definition) is 3. The molecule has 0 aliphatic heterocycles. The average Bonchev–Trinajstić information content (AvgIpc) is 2.94. The van der Waals surface area contributed by atoms with E-state index in [2.05, 4.69) is 4.98 Å². The number of aliphatic hydroxyl groups is 1. The number of rotatable bonds is 4. The standard InChI is InChI=1S/C17H18N2O.ClH/c18-17(16(20)10-12-4-2-1-3-5-12)14-7-6-13-8-9-19-15(13)11-14;/h1-9,11,16-17,19-20H,10,18H2;1H/t16-,17+;/m0./s1. The summed E-state index contributed by atoms with van der Waals surface area (Å²) in [6.45, 7) is 0. The number of nitrogens with one attached hydrogen (secondary N) is 1. The maximum absolute atomic E-state index is 10.3. The van der Waals surface area contributed by atoms with Crippen LogP contribution in [0.1, 0.15) is 17.2 Å². The van der Waals surface area contributed by atoms with E-state index >= 15 is 0 Å². The smallest absolute Gasteiger partial charge is 0.0773 e. The molecule has 110 valence electrons. The minimum Gasteiger partial charge on any atom is -0.391 e. The maximum atomic E-state index is 10.3. The van der Waals surface area contributed by atoms with Crippen LogP contribution in [0.2, 0.25) is 0 Å². The van der Waals surface area contributed by atoms with Gasteiger partial charge in [0, 0.05) is 18.1 Å². The van der Waals surface area contributed by atoms with E-state index in [1.54, 1.807) is 0 Å². The lowest BCUT2D eigenvalue weighted by Gasteiger charge is -2.19. The van der Waals surface area contributed by atoms with E-state index in [1.807, 2.05) is 60.8 Å². The van der Waals surface area contributed by atoms with Crippen molar-refractivity contribution in [3.63, 3.8) is 0 Å². The number of halogens is 1. The molecule has 1 heterocycles. The largest absolute Gasteiger partial charge is 0.391 e. The Balaban J connectivity index is 0.00000161. The van der Waals surface area contributed by atoms with Gasteiger partial charge in [-0.2, -0.15) is 0 Å². The molecule has 21 heavy (non-hydrogen) atoms. The number of aromatic nitrogens is 1. The Hall–Kier alpha value is -1.81. The molecule has 0 saturated carbocycles. The van der Waals surface area contributed by atoms with Crippen molar-refractivity contribution in [1.29, 1.82) is 0 Å². The van der Waals surface area contributed by atoms with Gasteiger partial charge < -0.3 is 15.8 Å². The highest BCUT2D eigenvalue weighted by Crippen LogP contribution is 2.22. The summed E-state index contributed by atoms with van der Waals surface area (Å²) in [4.78, 5) is 3.17. The number of hydrogen-bond acceptors (Lipinski definition) is 2. The van der Waals surface area contributed by atoms with Crippen LogP contribution in [0, 0.1) is 0 Å². The van der Waals surface area contributed by atoms with Crippen LogP contribution in [-0.4, -0.2) is 16.2 Å². The lowest BCUT2D eigenvalue weighted by molar-refractivity contribution is 0.145. The predicted octanol–water partition coefficient (Wildman–Crippen LogP) is 3.19. The summed E-state index contributed by atoms with van der Waals surface area (Å²) in [6, 6.07) is 17.6. The van der Waals surface area contributed by atoms with Crippen molar-refractivity contribution in [3.05, 3.63) is 71.9 Å². The zero-order valence-electron chi connectivity index (χ0n) is 11.6. The van der Waals surface area contributed by atoms with Crippen molar-refractivity contribution in [1.82, 2.24) is 4.98 Å². The first-order chi connectivity index (χ1) is 9.74. The topological polar surface area (TPSA) is 62.0 Å². The van der Waals surface area contributed by atoms with E-state index in [4.69, 9.17) is 5.73 Å². The Morgan fingerprint density at radius 2 is 1.81 bits per heavy atom. The minimum absolute atomic E-state index is 0. The highest BCUT2D eigenvalue weighted by Gasteiger charge is 2.17. The van der Waals surface area contributed by atoms with E-state index in [0.717, 1.165) is 22.0 Å². The van der Waals surface area contributed by atoms with Crippen molar-refractivity contribution < 1.29 is 5.11 Å². The van der Waals surface area contributed by atoms with Crippen molar-refractivity contribution in [2.75, 3.05) is 0 Å². The second kappa shape index (κ2) is 6.76. The molecular weight excluding hydrogens is 284 g/mol. The van der Waals surface area contributed by atoms with E-state index in [-0.39, 0.29) is 18.4 Å². The lowest BCUT2D eigenvalue weighted by atomic mass is 9.96. The summed E-state index contributed by atoms with van der Waals surface area (Å²) in [5, 5.41) is 11.5. The molecule has 4 heteroatoms. The Bertz CT molecular complexity index is 696. The van der Waals surface area contributed by atoms with Crippen LogP contribution in [0.3, 0.4) is 0 Å². The molecule has 0 radical (unpaired) electrons. The number of aliphatic hydroxyl groups excluding tert-OH is 1. The molecule has 3 aromatic rings. The first-order valence-corrected chi connectivity index (χ1v) is 6.78. The zero-order valence-corrected chi connectivity index (χ0v) is 12.4. The average molecular weight is 303 g/mol. The fourth-order valence-electron chi connectivity index (χ4n) is 2.48. The molecule has 0 fully saturated rings. The van der Waals surface area contributed by atoms with Crippen LogP contribution in [-0.2, 0) is 6.42 Å². The molecule has 1 aromatic heterocycles. The van der Waals surface area contributed by atoms with Crippen LogP contribution >= 0.6 is 12.4 Å². The van der Waals surface area contributed by atoms with Gasteiger partial charge in [0.15, 0.2) is 0 Å². The monoisotopic (exact) mass is 302 g/mol. The summed E-state index contributed by atoms with van der Waals surface area (Å²) in [5.41, 5.74) is 9.27. The van der Waals surface area contributed by atoms with Gasteiger partial charge in [-0.25, -0.2) is 0 Å². The third-order valence-electron chi connectivity index (χ3n) is 3.67. The van der Waals surface area contributed by atoms with Gasteiger partial charge in [0.2, 0.25) is 0 Å². The summed E-state index contributed by atoms with van der Waals surface area (Å²) in [7, 11) is 0. The Morgan fingerprint density at radius 1 is 1.05 bits per heavy atom. The van der Waals surface area contributed by atoms with Crippen LogP contribution in [0.15, 0.2) is 60.8 Å². The molecule has 0 saturated heterocycles. The van der Waals surface area contributed by atoms with Gasteiger partial charge in [0.05, 0.1) is 12.1 Å². The molecule has 3 nitrogen and oxygen atoms in total. The summed E-state index contributed by atoms with van der Waals surface area (Å²) >= 11 is 0. The Morgan fingerprint density at radius 3 is 2.57 bits per heavy atom. The number of nitrogens with two attached hydrogens (primary N) is 1. The second-order valence-corrected chi connectivity index (χ2v) is 5.11. The van der Waals surface area contributed by atoms with E-state index < -0.39 is 6.10 Å². The molecule has 3 rings (SSSR count). The van der Waals surface area contributed by atoms with E-state index in [0.29, 0.717) is 6.42 Å². The number of H-pyrrole nitrogens is 1. The van der Waals surface area contributed by atoms with Crippen molar-refractivity contribution in [2.24, 2.45) is 5.73 Å². The summed E-state index contributed by atoms with van der Waals surface area (Å²) < 4.78 is 0. The molecule has 0 bridgehead atoms. The molecule has 4 N–H and O–H groups in total. The fourth-order valence-corrected chi connectivity index (χ4v) is 2.48. The fraction of sp³-hybridized carbons (Fsp3) is 0.176. The highest BCUT2D eigenvalue weighted by molar-refractivity contribution is 5.85. The van der Waals surface area contributed by atoms with Crippen LogP contribution < -0.4 is 5.73 Å².